The number of nitriles is 1. The van der Waals surface area contributed by atoms with Gasteiger partial charge in [-0.25, -0.2) is 4.39 Å². The summed E-state index contributed by atoms with van der Waals surface area (Å²) in [5, 5.41) is 11.4. The van der Waals surface area contributed by atoms with Crippen molar-refractivity contribution in [2.75, 3.05) is 25.0 Å². The smallest absolute Gasteiger partial charge is 0.224 e. The molecule has 0 radical (unpaired) electrons. The lowest BCUT2D eigenvalue weighted by atomic mass is 9.96. The summed E-state index contributed by atoms with van der Waals surface area (Å²) in [6, 6.07) is 6.38. The van der Waals surface area contributed by atoms with E-state index in [-0.39, 0.29) is 17.4 Å². The lowest BCUT2D eigenvalue weighted by Crippen LogP contribution is -2.42. The minimum absolute atomic E-state index is 0.0267. The van der Waals surface area contributed by atoms with Gasteiger partial charge in [0.25, 0.3) is 0 Å². The maximum Gasteiger partial charge on any atom is 0.224 e. The van der Waals surface area contributed by atoms with Crippen LogP contribution in [0.3, 0.4) is 0 Å². The summed E-state index contributed by atoms with van der Waals surface area (Å²) in [4.78, 5) is 13.6. The van der Waals surface area contributed by atoms with Crippen molar-refractivity contribution >= 4 is 11.6 Å². The second-order valence-corrected chi connectivity index (χ2v) is 4.68. The SMILES string of the molecule is CNC(=O)C1CCCN(c2ccc(C#N)c(F)c2)C1. The summed E-state index contributed by atoms with van der Waals surface area (Å²) in [6.07, 6.45) is 1.76. The standard InChI is InChI=1S/C14H16FN3O/c1-17-14(19)11-3-2-6-18(9-11)12-5-4-10(8-16)13(15)7-12/h4-5,7,11H,2-3,6,9H2,1H3,(H,17,19). The number of nitrogens with zero attached hydrogens (tertiary/aromatic N) is 2. The number of hydrogen-bond acceptors (Lipinski definition) is 3. The van der Waals surface area contributed by atoms with Crippen molar-refractivity contribution in [2.24, 2.45) is 5.92 Å². The number of carbonyl (C=O) groups is 1. The van der Waals surface area contributed by atoms with Gasteiger partial charge in [-0.1, -0.05) is 0 Å². The minimum atomic E-state index is -0.512. The van der Waals surface area contributed by atoms with Crippen LogP contribution in [0.4, 0.5) is 10.1 Å². The molecule has 0 saturated carbocycles. The predicted octanol–water partition coefficient (Wildman–Crippen LogP) is 1.66. The number of piperidine rings is 1. The lowest BCUT2D eigenvalue weighted by molar-refractivity contribution is -0.124. The van der Waals surface area contributed by atoms with E-state index in [4.69, 9.17) is 5.26 Å². The molecule has 1 aliphatic heterocycles. The number of rotatable bonds is 2. The molecule has 0 aromatic heterocycles. The summed E-state index contributed by atoms with van der Waals surface area (Å²) in [5.74, 6) is -0.543. The van der Waals surface area contributed by atoms with Gasteiger partial charge in [-0.15, -0.1) is 0 Å². The fourth-order valence-electron chi connectivity index (χ4n) is 2.42. The molecule has 1 fully saturated rings. The molecule has 1 aliphatic rings. The molecule has 1 unspecified atom stereocenters. The van der Waals surface area contributed by atoms with Crippen LogP contribution in [0.2, 0.25) is 0 Å². The van der Waals surface area contributed by atoms with Crippen LogP contribution < -0.4 is 10.2 Å². The van der Waals surface area contributed by atoms with Gasteiger partial charge in [0.05, 0.1) is 11.5 Å². The van der Waals surface area contributed by atoms with Gasteiger partial charge in [-0.05, 0) is 31.0 Å². The zero-order chi connectivity index (χ0) is 13.8. The van der Waals surface area contributed by atoms with Crippen LogP contribution in [0.1, 0.15) is 18.4 Å². The van der Waals surface area contributed by atoms with Crippen LogP contribution in [0.5, 0.6) is 0 Å². The molecule has 1 aromatic carbocycles. The van der Waals surface area contributed by atoms with E-state index in [0.717, 1.165) is 25.1 Å². The fourth-order valence-corrected chi connectivity index (χ4v) is 2.42. The van der Waals surface area contributed by atoms with Crippen LogP contribution >= 0.6 is 0 Å². The first-order valence-electron chi connectivity index (χ1n) is 6.32. The zero-order valence-corrected chi connectivity index (χ0v) is 10.8. The molecule has 1 atom stereocenters. The molecule has 2 rings (SSSR count). The number of amides is 1. The molecule has 5 heteroatoms. The summed E-state index contributed by atoms with van der Waals surface area (Å²) in [6.45, 7) is 1.39. The maximum atomic E-state index is 13.6. The first-order chi connectivity index (χ1) is 9.15. The predicted molar refractivity (Wildman–Crippen MR) is 70.1 cm³/mol. The zero-order valence-electron chi connectivity index (χ0n) is 10.8. The number of hydrogen-bond donors (Lipinski definition) is 1. The summed E-state index contributed by atoms with van der Waals surface area (Å²) in [7, 11) is 1.63. The van der Waals surface area contributed by atoms with Gasteiger partial charge in [0.15, 0.2) is 0 Å². The molecule has 1 heterocycles. The largest absolute Gasteiger partial charge is 0.371 e. The van der Waals surface area contributed by atoms with Crippen molar-refractivity contribution in [1.82, 2.24) is 5.32 Å². The van der Waals surface area contributed by atoms with Crippen LogP contribution in [-0.4, -0.2) is 26.0 Å². The number of carbonyl (C=O) groups excluding carboxylic acids is 1. The molecule has 0 spiro atoms. The van der Waals surface area contributed by atoms with Gasteiger partial charge >= 0.3 is 0 Å². The van der Waals surface area contributed by atoms with Crippen molar-refractivity contribution in [1.29, 1.82) is 5.26 Å². The number of halogens is 1. The van der Waals surface area contributed by atoms with Gasteiger partial charge in [0, 0.05) is 25.8 Å². The van der Waals surface area contributed by atoms with Crippen LogP contribution in [-0.2, 0) is 4.79 Å². The highest BCUT2D eigenvalue weighted by molar-refractivity contribution is 5.79. The molecule has 4 nitrogen and oxygen atoms in total. The second-order valence-electron chi connectivity index (χ2n) is 4.68. The quantitative estimate of drug-likeness (QED) is 0.881. The molecule has 1 saturated heterocycles. The highest BCUT2D eigenvalue weighted by atomic mass is 19.1. The second kappa shape index (κ2) is 5.70. The topological polar surface area (TPSA) is 56.1 Å². The third kappa shape index (κ3) is 2.84. The molecular weight excluding hydrogens is 245 g/mol. The van der Waals surface area contributed by atoms with E-state index < -0.39 is 5.82 Å². The highest BCUT2D eigenvalue weighted by Crippen LogP contribution is 2.24. The molecule has 100 valence electrons. The van der Waals surface area contributed by atoms with E-state index >= 15 is 0 Å². The summed E-state index contributed by atoms with van der Waals surface area (Å²) < 4.78 is 13.6. The Morgan fingerprint density at radius 1 is 1.58 bits per heavy atom. The maximum absolute atomic E-state index is 13.6. The molecule has 0 aliphatic carbocycles. The molecular formula is C14H16FN3O. The van der Waals surface area contributed by atoms with Crippen molar-refractivity contribution in [3.8, 4) is 6.07 Å². The van der Waals surface area contributed by atoms with Crippen LogP contribution in [0.15, 0.2) is 18.2 Å². The molecule has 1 aromatic rings. The van der Waals surface area contributed by atoms with Crippen LogP contribution in [0, 0.1) is 23.1 Å². The first-order valence-corrected chi connectivity index (χ1v) is 6.32. The van der Waals surface area contributed by atoms with Crippen molar-refractivity contribution in [2.45, 2.75) is 12.8 Å². The Hall–Kier alpha value is -2.09. The van der Waals surface area contributed by atoms with Gasteiger partial charge < -0.3 is 10.2 Å². The Kier molecular flexibility index (Phi) is 4.00. The normalized spacial score (nSPS) is 18.8. The molecule has 1 N–H and O–H groups in total. The average Bonchev–Trinajstić information content (AvgIpc) is 2.46. The number of nitrogens with one attached hydrogen (secondary N) is 1. The number of benzene rings is 1. The first kappa shape index (κ1) is 13.3. The van der Waals surface area contributed by atoms with E-state index in [1.165, 1.54) is 12.1 Å². The Morgan fingerprint density at radius 3 is 3.00 bits per heavy atom. The van der Waals surface area contributed by atoms with Gasteiger partial charge in [0.1, 0.15) is 11.9 Å². The third-order valence-electron chi connectivity index (χ3n) is 3.48. The number of anilines is 1. The van der Waals surface area contributed by atoms with E-state index in [0.29, 0.717) is 6.54 Å². The van der Waals surface area contributed by atoms with E-state index in [9.17, 15) is 9.18 Å². The molecule has 0 bridgehead atoms. The van der Waals surface area contributed by atoms with Crippen LogP contribution in [0.25, 0.3) is 0 Å². The summed E-state index contributed by atoms with van der Waals surface area (Å²) in [5.41, 5.74) is 0.772. The molecule has 19 heavy (non-hydrogen) atoms. The Bertz CT molecular complexity index is 524. The Labute approximate surface area is 111 Å². The van der Waals surface area contributed by atoms with E-state index in [1.54, 1.807) is 19.2 Å². The Balaban J connectivity index is 2.16. The minimum Gasteiger partial charge on any atom is -0.371 e. The van der Waals surface area contributed by atoms with Gasteiger partial charge in [-0.2, -0.15) is 5.26 Å². The van der Waals surface area contributed by atoms with E-state index in [1.807, 2.05) is 4.90 Å². The monoisotopic (exact) mass is 261 g/mol. The van der Waals surface area contributed by atoms with Crippen molar-refractivity contribution in [3.63, 3.8) is 0 Å². The van der Waals surface area contributed by atoms with Gasteiger partial charge in [0.2, 0.25) is 5.91 Å². The average molecular weight is 261 g/mol. The van der Waals surface area contributed by atoms with E-state index in [2.05, 4.69) is 5.32 Å². The van der Waals surface area contributed by atoms with Crippen molar-refractivity contribution < 1.29 is 9.18 Å². The highest BCUT2D eigenvalue weighted by Gasteiger charge is 2.25. The third-order valence-corrected chi connectivity index (χ3v) is 3.48. The Morgan fingerprint density at radius 2 is 2.37 bits per heavy atom. The van der Waals surface area contributed by atoms with Crippen molar-refractivity contribution in [3.05, 3.63) is 29.6 Å². The van der Waals surface area contributed by atoms with Gasteiger partial charge in [-0.3, -0.25) is 4.79 Å². The lowest BCUT2D eigenvalue weighted by Gasteiger charge is -2.33. The fraction of sp³-hybridized carbons (Fsp3) is 0.429. The molecule has 1 amide bonds. The summed E-state index contributed by atoms with van der Waals surface area (Å²) >= 11 is 0.